The minimum atomic E-state index is -0.674. The summed E-state index contributed by atoms with van der Waals surface area (Å²) >= 11 is 5.96. The van der Waals surface area contributed by atoms with Crippen molar-refractivity contribution in [3.8, 4) is 0 Å². The van der Waals surface area contributed by atoms with E-state index < -0.39 is 11.7 Å². The molecule has 0 saturated carbocycles. The molecule has 1 aromatic heterocycles. The summed E-state index contributed by atoms with van der Waals surface area (Å²) < 4.78 is 14.0. The van der Waals surface area contributed by atoms with Gasteiger partial charge in [0.1, 0.15) is 11.6 Å². The van der Waals surface area contributed by atoms with Crippen LogP contribution in [0.15, 0.2) is 72.8 Å². The highest BCUT2D eigenvalue weighted by atomic mass is 35.5. The second kappa shape index (κ2) is 9.67. The molecule has 0 bridgehead atoms. The first kappa shape index (κ1) is 22.2. The number of halogens is 2. The van der Waals surface area contributed by atoms with Crippen molar-refractivity contribution in [3.05, 3.63) is 100 Å². The van der Waals surface area contributed by atoms with Crippen LogP contribution in [0.2, 0.25) is 5.02 Å². The molecule has 0 radical (unpaired) electrons. The number of aromatic nitrogens is 2. The predicted molar refractivity (Wildman–Crippen MR) is 130 cm³/mol. The van der Waals surface area contributed by atoms with Crippen LogP contribution in [0, 0.1) is 19.7 Å². The summed E-state index contributed by atoms with van der Waals surface area (Å²) in [6, 6.07) is 20.9. The molecule has 0 saturated heterocycles. The maximum Gasteiger partial charge on any atom is 0.260 e. The number of carbonyl (C=O) groups excluding carboxylic acids is 1. The highest BCUT2D eigenvalue weighted by molar-refractivity contribution is 6.34. The normalized spacial score (nSPS) is 10.5. The molecule has 33 heavy (non-hydrogen) atoms. The van der Waals surface area contributed by atoms with E-state index in [1.54, 1.807) is 24.3 Å². The molecule has 0 unspecified atom stereocenters. The Morgan fingerprint density at radius 3 is 2.18 bits per heavy atom. The van der Waals surface area contributed by atoms with Gasteiger partial charge in [0.05, 0.1) is 10.6 Å². The number of nitrogens with zero attached hydrogens (tertiary/aromatic N) is 2. The number of benzene rings is 3. The molecule has 0 aliphatic heterocycles. The summed E-state index contributed by atoms with van der Waals surface area (Å²) in [6.07, 6.45) is 0. The number of hydrogen-bond acceptors (Lipinski definition) is 5. The zero-order valence-electron chi connectivity index (χ0n) is 18.0. The predicted octanol–water partition coefficient (Wildman–Crippen LogP) is 6.63. The molecule has 1 amide bonds. The minimum Gasteiger partial charge on any atom is -0.340 e. The third-order valence-electron chi connectivity index (χ3n) is 4.77. The largest absolute Gasteiger partial charge is 0.340 e. The number of anilines is 5. The van der Waals surface area contributed by atoms with Gasteiger partial charge in [0, 0.05) is 28.8 Å². The Labute approximate surface area is 195 Å². The third kappa shape index (κ3) is 5.64. The average Bonchev–Trinajstić information content (AvgIpc) is 2.76. The Hall–Kier alpha value is -3.97. The van der Waals surface area contributed by atoms with Gasteiger partial charge in [0.25, 0.3) is 5.91 Å². The lowest BCUT2D eigenvalue weighted by Crippen LogP contribution is -2.14. The van der Waals surface area contributed by atoms with E-state index in [9.17, 15) is 9.18 Å². The molecule has 3 aromatic carbocycles. The van der Waals surface area contributed by atoms with Gasteiger partial charge in [-0.2, -0.15) is 4.98 Å². The van der Waals surface area contributed by atoms with E-state index in [2.05, 4.69) is 25.9 Å². The number of amides is 1. The van der Waals surface area contributed by atoms with Crippen LogP contribution < -0.4 is 16.0 Å². The molecule has 166 valence electrons. The zero-order valence-corrected chi connectivity index (χ0v) is 18.7. The van der Waals surface area contributed by atoms with Crippen LogP contribution in [-0.4, -0.2) is 15.9 Å². The Bertz CT molecular complexity index is 1270. The van der Waals surface area contributed by atoms with Crippen LogP contribution in [0.3, 0.4) is 0 Å². The lowest BCUT2D eigenvalue weighted by Gasteiger charge is -2.11. The molecule has 3 N–H and O–H groups in total. The summed E-state index contributed by atoms with van der Waals surface area (Å²) in [5.41, 5.74) is 3.94. The highest BCUT2D eigenvalue weighted by Crippen LogP contribution is 2.23. The summed E-state index contributed by atoms with van der Waals surface area (Å²) in [5.74, 6) is -0.191. The number of nitrogens with one attached hydrogen (secondary N) is 3. The Morgan fingerprint density at radius 2 is 1.48 bits per heavy atom. The molecule has 4 rings (SSSR count). The van der Waals surface area contributed by atoms with Gasteiger partial charge >= 0.3 is 0 Å². The van der Waals surface area contributed by atoms with E-state index >= 15 is 0 Å². The smallest absolute Gasteiger partial charge is 0.260 e. The van der Waals surface area contributed by atoms with Crippen LogP contribution in [-0.2, 0) is 0 Å². The summed E-state index contributed by atoms with van der Waals surface area (Å²) in [6.45, 7) is 3.92. The molecular formula is C25H21ClFN5O. The van der Waals surface area contributed by atoms with Crippen molar-refractivity contribution in [2.45, 2.75) is 13.8 Å². The molecule has 0 spiro atoms. The summed E-state index contributed by atoms with van der Waals surface area (Å²) in [4.78, 5) is 21.3. The number of hydrogen-bond donors (Lipinski definition) is 3. The second-order valence-corrected chi connectivity index (χ2v) is 7.87. The fourth-order valence-corrected chi connectivity index (χ4v) is 3.40. The molecule has 4 aromatic rings. The van der Waals surface area contributed by atoms with Gasteiger partial charge in [-0.05, 0) is 62.4 Å². The van der Waals surface area contributed by atoms with E-state index in [-0.39, 0.29) is 10.6 Å². The molecule has 0 aliphatic carbocycles. The number of carbonyl (C=O) groups is 1. The van der Waals surface area contributed by atoms with Gasteiger partial charge < -0.3 is 16.0 Å². The van der Waals surface area contributed by atoms with Gasteiger partial charge in [-0.15, -0.1) is 0 Å². The molecule has 8 heteroatoms. The Balaban J connectivity index is 1.45. The standard InChI is InChI=1S/C25H21ClFN5O/c1-15-6-8-19(9-7-15)31-25-28-16(2)14-22(32-25)29-17-10-12-18(13-11-17)30-24(33)23-20(26)4-3-5-21(23)27/h3-14H,1-2H3,(H,30,33)(H2,28,29,31,32). The second-order valence-electron chi connectivity index (χ2n) is 7.46. The molecular weight excluding hydrogens is 441 g/mol. The number of rotatable bonds is 6. The van der Waals surface area contributed by atoms with E-state index in [0.717, 1.165) is 17.1 Å². The molecule has 0 atom stereocenters. The molecule has 0 aliphatic rings. The van der Waals surface area contributed by atoms with Crippen molar-refractivity contribution in [1.82, 2.24) is 9.97 Å². The fourth-order valence-electron chi connectivity index (χ4n) is 3.15. The van der Waals surface area contributed by atoms with E-state index in [0.29, 0.717) is 17.5 Å². The molecule has 0 fully saturated rings. The van der Waals surface area contributed by atoms with Crippen molar-refractivity contribution in [1.29, 1.82) is 0 Å². The Kier molecular flexibility index (Phi) is 6.51. The maximum absolute atomic E-state index is 14.0. The van der Waals surface area contributed by atoms with Gasteiger partial charge in [-0.3, -0.25) is 4.79 Å². The van der Waals surface area contributed by atoms with Crippen molar-refractivity contribution in [2.24, 2.45) is 0 Å². The molecule has 6 nitrogen and oxygen atoms in total. The topological polar surface area (TPSA) is 78.9 Å². The van der Waals surface area contributed by atoms with Crippen molar-refractivity contribution >= 4 is 46.3 Å². The fraction of sp³-hybridized carbons (Fsp3) is 0.0800. The first-order valence-corrected chi connectivity index (χ1v) is 10.6. The molecule has 1 heterocycles. The van der Waals surface area contributed by atoms with Crippen LogP contribution >= 0.6 is 11.6 Å². The zero-order chi connectivity index (χ0) is 23.4. The van der Waals surface area contributed by atoms with Crippen LogP contribution in [0.25, 0.3) is 0 Å². The maximum atomic E-state index is 14.0. The van der Waals surface area contributed by atoms with E-state index in [1.165, 1.54) is 23.8 Å². The average molecular weight is 462 g/mol. The SMILES string of the molecule is Cc1ccc(Nc2nc(C)cc(Nc3ccc(NC(=O)c4c(F)cccc4Cl)cc3)n2)cc1. The van der Waals surface area contributed by atoms with Crippen LogP contribution in [0.1, 0.15) is 21.6 Å². The third-order valence-corrected chi connectivity index (χ3v) is 5.08. The van der Waals surface area contributed by atoms with Crippen molar-refractivity contribution < 1.29 is 9.18 Å². The van der Waals surface area contributed by atoms with E-state index in [4.69, 9.17) is 11.6 Å². The van der Waals surface area contributed by atoms with Crippen molar-refractivity contribution in [2.75, 3.05) is 16.0 Å². The van der Waals surface area contributed by atoms with Gasteiger partial charge in [0.15, 0.2) is 0 Å². The van der Waals surface area contributed by atoms with Crippen LogP contribution in [0.5, 0.6) is 0 Å². The monoisotopic (exact) mass is 461 g/mol. The Morgan fingerprint density at radius 1 is 0.848 bits per heavy atom. The van der Waals surface area contributed by atoms with E-state index in [1.807, 2.05) is 44.2 Å². The first-order valence-electron chi connectivity index (χ1n) is 10.2. The quantitative estimate of drug-likeness (QED) is 0.300. The minimum absolute atomic E-state index is 0.0555. The first-order chi connectivity index (χ1) is 15.9. The lowest BCUT2D eigenvalue weighted by molar-refractivity contribution is 0.102. The lowest BCUT2D eigenvalue weighted by atomic mass is 10.2. The van der Waals surface area contributed by atoms with Crippen LogP contribution in [0.4, 0.5) is 33.2 Å². The van der Waals surface area contributed by atoms with Gasteiger partial charge in [-0.1, -0.05) is 35.4 Å². The summed E-state index contributed by atoms with van der Waals surface area (Å²) in [7, 11) is 0. The number of aryl methyl sites for hydroxylation is 2. The summed E-state index contributed by atoms with van der Waals surface area (Å²) in [5, 5.41) is 9.14. The van der Waals surface area contributed by atoms with Crippen molar-refractivity contribution in [3.63, 3.8) is 0 Å². The van der Waals surface area contributed by atoms with Gasteiger partial charge in [0.2, 0.25) is 5.95 Å². The highest BCUT2D eigenvalue weighted by Gasteiger charge is 2.15. The van der Waals surface area contributed by atoms with Gasteiger partial charge in [-0.25, -0.2) is 9.37 Å².